The largest absolute Gasteiger partial charge is 0.508 e. The van der Waals surface area contributed by atoms with E-state index in [2.05, 4.69) is 15.5 Å². The van der Waals surface area contributed by atoms with Crippen molar-refractivity contribution in [2.45, 2.75) is 6.92 Å². The second-order valence-corrected chi connectivity index (χ2v) is 4.50. The summed E-state index contributed by atoms with van der Waals surface area (Å²) < 4.78 is 0. The smallest absolute Gasteiger partial charge is 0.236 e. The third kappa shape index (κ3) is 3.07. The summed E-state index contributed by atoms with van der Waals surface area (Å²) in [6.45, 7) is 1.82. The summed E-state index contributed by atoms with van der Waals surface area (Å²) in [4.78, 5) is 10.9. The second-order valence-electron chi connectivity index (χ2n) is 3.53. The average molecular weight is 249 g/mol. The number of phenolic OH excluding ortho intramolecular Hbond substituents is 1. The van der Waals surface area contributed by atoms with Crippen molar-refractivity contribution in [3.63, 3.8) is 0 Å². The number of hydrogen-bond donors (Lipinski definition) is 2. The van der Waals surface area contributed by atoms with E-state index in [4.69, 9.17) is 0 Å². The first-order valence-electron chi connectivity index (χ1n) is 4.98. The van der Waals surface area contributed by atoms with Gasteiger partial charge in [-0.15, -0.1) is 5.10 Å². The Hall–Kier alpha value is -1.82. The van der Waals surface area contributed by atoms with Gasteiger partial charge in [-0.25, -0.2) is 0 Å². The van der Waals surface area contributed by atoms with Crippen molar-refractivity contribution in [3.05, 3.63) is 29.3 Å². The van der Waals surface area contributed by atoms with E-state index >= 15 is 0 Å². The Morgan fingerprint density at radius 3 is 3.00 bits per heavy atom. The minimum Gasteiger partial charge on any atom is -0.508 e. The van der Waals surface area contributed by atoms with Crippen molar-refractivity contribution in [1.29, 1.82) is 0 Å². The molecule has 0 aliphatic carbocycles. The molecule has 0 spiro atoms. The summed E-state index contributed by atoms with van der Waals surface area (Å²) in [5.74, 6) is 0.557. The van der Waals surface area contributed by atoms with Gasteiger partial charge in [0, 0.05) is 0 Å². The summed E-state index contributed by atoms with van der Waals surface area (Å²) >= 11 is 1.32. The van der Waals surface area contributed by atoms with Gasteiger partial charge in [0.2, 0.25) is 5.91 Å². The fraction of sp³-hybridized carbons (Fsp3) is 0.182. The zero-order valence-corrected chi connectivity index (χ0v) is 9.99. The van der Waals surface area contributed by atoms with Gasteiger partial charge >= 0.3 is 0 Å². The molecule has 2 rings (SSSR count). The van der Waals surface area contributed by atoms with Gasteiger partial charge in [0.1, 0.15) is 5.75 Å². The zero-order valence-electron chi connectivity index (χ0n) is 9.17. The Labute approximate surface area is 103 Å². The second kappa shape index (κ2) is 5.01. The Kier molecular flexibility index (Phi) is 3.43. The molecule has 88 valence electrons. The molecule has 1 aromatic carbocycles. The minimum atomic E-state index is -0.0584. The number of aromatic hydroxyl groups is 1. The van der Waals surface area contributed by atoms with Crippen LogP contribution in [-0.4, -0.2) is 28.1 Å². The molecule has 0 bridgehead atoms. The summed E-state index contributed by atoms with van der Waals surface area (Å²) in [6.07, 6.45) is 1.52. The fourth-order valence-electron chi connectivity index (χ4n) is 1.23. The van der Waals surface area contributed by atoms with Crippen LogP contribution in [0, 0.1) is 6.92 Å². The van der Waals surface area contributed by atoms with E-state index in [1.165, 1.54) is 18.0 Å². The number of rotatable bonds is 2. The molecule has 0 radical (unpaired) electrons. The van der Waals surface area contributed by atoms with Crippen LogP contribution in [0.5, 0.6) is 5.75 Å². The first kappa shape index (κ1) is 11.7. The molecule has 1 aromatic rings. The van der Waals surface area contributed by atoms with E-state index in [0.29, 0.717) is 10.9 Å². The number of phenols is 1. The quantitative estimate of drug-likeness (QED) is 0.612. The molecule has 0 atom stereocenters. The maximum atomic E-state index is 10.9. The lowest BCUT2D eigenvalue weighted by Crippen LogP contribution is -2.19. The lowest BCUT2D eigenvalue weighted by atomic mass is 10.1. The molecule has 0 saturated carbocycles. The fourth-order valence-corrected chi connectivity index (χ4v) is 1.86. The standard InChI is InChI=1S/C11H11N3O2S/c1-7-2-3-8(4-9(7)15)5-12-14-11-13-10(16)6-17-11/h2-5,15H,6H2,1H3,(H,13,14,16). The van der Waals surface area contributed by atoms with Gasteiger partial charge in [0.25, 0.3) is 0 Å². The number of carbonyl (C=O) groups is 1. The van der Waals surface area contributed by atoms with Crippen LogP contribution in [0.2, 0.25) is 0 Å². The molecular formula is C11H11N3O2S. The number of amides is 1. The van der Waals surface area contributed by atoms with Crippen molar-refractivity contribution in [3.8, 4) is 5.75 Å². The van der Waals surface area contributed by atoms with Crippen LogP contribution >= 0.6 is 11.8 Å². The van der Waals surface area contributed by atoms with Crippen LogP contribution in [0.15, 0.2) is 28.4 Å². The highest BCUT2D eigenvalue weighted by Gasteiger charge is 2.15. The van der Waals surface area contributed by atoms with Gasteiger partial charge in [-0.2, -0.15) is 5.10 Å². The third-order valence-electron chi connectivity index (χ3n) is 2.17. The first-order valence-corrected chi connectivity index (χ1v) is 5.97. The monoisotopic (exact) mass is 249 g/mol. The van der Waals surface area contributed by atoms with E-state index in [9.17, 15) is 9.90 Å². The molecule has 1 aliphatic heterocycles. The first-order chi connectivity index (χ1) is 8.15. The highest BCUT2D eigenvalue weighted by molar-refractivity contribution is 8.15. The SMILES string of the molecule is Cc1ccc(C=NN=C2NC(=O)CS2)cc1O. The average Bonchev–Trinajstić information content (AvgIpc) is 2.70. The summed E-state index contributed by atoms with van der Waals surface area (Å²) in [5, 5.41) is 20.3. The van der Waals surface area contributed by atoms with Gasteiger partial charge in [0.05, 0.1) is 12.0 Å². The number of aryl methyl sites for hydroxylation is 1. The number of amidine groups is 1. The summed E-state index contributed by atoms with van der Waals surface area (Å²) in [7, 11) is 0. The van der Waals surface area contributed by atoms with Gasteiger partial charge in [-0.1, -0.05) is 23.9 Å². The topological polar surface area (TPSA) is 74.0 Å². The molecule has 17 heavy (non-hydrogen) atoms. The molecule has 1 amide bonds. The molecule has 2 N–H and O–H groups in total. The molecule has 1 heterocycles. The maximum absolute atomic E-state index is 10.9. The molecule has 1 fully saturated rings. The van der Waals surface area contributed by atoms with Gasteiger partial charge in [-0.05, 0) is 24.1 Å². The predicted molar refractivity (Wildman–Crippen MR) is 68.5 cm³/mol. The molecule has 5 nitrogen and oxygen atoms in total. The Bertz CT molecular complexity index is 511. The minimum absolute atomic E-state index is 0.0584. The van der Waals surface area contributed by atoms with Gasteiger partial charge in [-0.3, -0.25) is 4.79 Å². The van der Waals surface area contributed by atoms with Crippen LogP contribution in [0.3, 0.4) is 0 Å². The lowest BCUT2D eigenvalue weighted by molar-refractivity contribution is -0.116. The Morgan fingerprint density at radius 1 is 1.53 bits per heavy atom. The van der Waals surface area contributed by atoms with Crippen LogP contribution in [0.4, 0.5) is 0 Å². The Balaban J connectivity index is 2.05. The van der Waals surface area contributed by atoms with Crippen LogP contribution in [0.1, 0.15) is 11.1 Å². The van der Waals surface area contributed by atoms with Crippen molar-refractivity contribution in [1.82, 2.24) is 5.32 Å². The van der Waals surface area contributed by atoms with E-state index in [-0.39, 0.29) is 11.7 Å². The number of carbonyl (C=O) groups excluding carboxylic acids is 1. The maximum Gasteiger partial charge on any atom is 0.236 e. The van der Waals surface area contributed by atoms with E-state index in [0.717, 1.165) is 11.1 Å². The molecule has 6 heteroatoms. The summed E-state index contributed by atoms with van der Waals surface area (Å²) in [5.41, 5.74) is 1.57. The molecule has 1 aliphatic rings. The highest BCUT2D eigenvalue weighted by Crippen LogP contribution is 2.16. The highest BCUT2D eigenvalue weighted by atomic mass is 32.2. The van der Waals surface area contributed by atoms with E-state index < -0.39 is 0 Å². The van der Waals surface area contributed by atoms with Gasteiger partial charge in [0.15, 0.2) is 5.17 Å². The van der Waals surface area contributed by atoms with Gasteiger partial charge < -0.3 is 10.4 Å². The number of hydrogen-bond acceptors (Lipinski definition) is 5. The number of benzene rings is 1. The van der Waals surface area contributed by atoms with E-state index in [1.54, 1.807) is 12.1 Å². The molecule has 0 aromatic heterocycles. The van der Waals surface area contributed by atoms with Crippen molar-refractivity contribution < 1.29 is 9.90 Å². The summed E-state index contributed by atoms with van der Waals surface area (Å²) in [6, 6.07) is 5.24. The molecular weight excluding hydrogens is 238 g/mol. The third-order valence-corrected chi connectivity index (χ3v) is 3.04. The van der Waals surface area contributed by atoms with Crippen molar-refractivity contribution >= 4 is 29.1 Å². The number of nitrogens with zero attached hydrogens (tertiary/aromatic N) is 2. The van der Waals surface area contributed by atoms with Crippen molar-refractivity contribution in [2.75, 3.05) is 5.75 Å². The molecule has 0 unspecified atom stereocenters. The van der Waals surface area contributed by atoms with Crippen LogP contribution in [0.25, 0.3) is 0 Å². The predicted octanol–water partition coefficient (Wildman–Crippen LogP) is 1.25. The lowest BCUT2D eigenvalue weighted by Gasteiger charge is -1.98. The number of nitrogens with one attached hydrogen (secondary N) is 1. The van der Waals surface area contributed by atoms with Crippen LogP contribution in [-0.2, 0) is 4.79 Å². The normalized spacial score (nSPS) is 17.9. The number of thioether (sulfide) groups is 1. The Morgan fingerprint density at radius 2 is 2.35 bits per heavy atom. The van der Waals surface area contributed by atoms with Crippen LogP contribution < -0.4 is 5.32 Å². The van der Waals surface area contributed by atoms with E-state index in [1.807, 2.05) is 13.0 Å². The molecule has 1 saturated heterocycles. The zero-order chi connectivity index (χ0) is 12.3. The van der Waals surface area contributed by atoms with Crippen molar-refractivity contribution in [2.24, 2.45) is 10.2 Å².